The van der Waals surface area contributed by atoms with Crippen molar-refractivity contribution in [1.29, 1.82) is 0 Å². The lowest BCUT2D eigenvalue weighted by molar-refractivity contribution is -0.384. The van der Waals surface area contributed by atoms with Crippen molar-refractivity contribution in [2.45, 2.75) is 37.9 Å². The van der Waals surface area contributed by atoms with E-state index in [0.29, 0.717) is 0 Å². The van der Waals surface area contributed by atoms with E-state index in [4.69, 9.17) is 4.74 Å². The summed E-state index contributed by atoms with van der Waals surface area (Å²) in [6.07, 6.45) is -4.42. The van der Waals surface area contributed by atoms with E-state index in [1.165, 1.54) is 13.1 Å². The number of nitrogens with one attached hydrogen (secondary N) is 1. The standard InChI is InChI=1S/C16H18N3O10P.2H3N/c1-8-7-18(16(22)17-15(8)21)12-6-11(20)14(28-12)13(29-30(25,26)27)9-2-4-10(5-3-9)19(23)24;;/h2-5,7,11-14,20H,6H2,1H3,(H,17,21,22)(H2,25,26,27);2*1H3/t11-,12+,13?,14-;;/m0../s1. The smallest absolute Gasteiger partial charge is 0.330 e. The van der Waals surface area contributed by atoms with Crippen molar-refractivity contribution < 1.29 is 33.6 Å². The number of aliphatic hydroxyl groups is 1. The zero-order valence-corrected chi connectivity index (χ0v) is 18.3. The fraction of sp³-hybridized carbons (Fsp3) is 0.375. The van der Waals surface area contributed by atoms with Crippen LogP contribution in [0.5, 0.6) is 0 Å². The molecule has 3 rings (SSSR count). The molecule has 1 unspecified atom stereocenters. The third-order valence-corrected chi connectivity index (χ3v) is 5.05. The number of nitro benzene ring substituents is 1. The van der Waals surface area contributed by atoms with Crippen LogP contribution in [0, 0.1) is 17.0 Å². The monoisotopic (exact) mass is 477 g/mol. The van der Waals surface area contributed by atoms with Gasteiger partial charge in [0.25, 0.3) is 11.2 Å². The van der Waals surface area contributed by atoms with Crippen LogP contribution in [0.25, 0.3) is 0 Å². The molecule has 0 saturated carbocycles. The fourth-order valence-corrected chi connectivity index (χ4v) is 3.68. The average Bonchev–Trinajstić information content (AvgIpc) is 3.03. The van der Waals surface area contributed by atoms with Crippen molar-refractivity contribution in [3.05, 3.63) is 72.5 Å². The highest BCUT2D eigenvalue weighted by molar-refractivity contribution is 7.43. The summed E-state index contributed by atoms with van der Waals surface area (Å²) >= 11 is 0. The molecule has 1 fully saturated rings. The lowest BCUT2D eigenvalue weighted by atomic mass is 10.00. The molecule has 0 radical (unpaired) electrons. The molecule has 32 heavy (non-hydrogen) atoms. The SMILES string of the molecule is Cc1cn([C@H]2C[C@H](O)[C@@H](C(OP(=O)([O-])[O-])c3ccc([N+](=O)[O-])cc3)O2)c(=O)[nH]c1=O.[NH4+].[NH4+]. The molecular weight excluding hydrogens is 453 g/mol. The van der Waals surface area contributed by atoms with Gasteiger partial charge in [-0.3, -0.25) is 24.5 Å². The minimum absolute atomic E-state index is 0. The first-order valence-corrected chi connectivity index (χ1v) is 10.0. The number of hydrogen-bond donors (Lipinski definition) is 4. The summed E-state index contributed by atoms with van der Waals surface area (Å²) in [7, 11) is -5.55. The normalized spacial score (nSPS) is 21.3. The number of nitrogens with zero attached hydrogens (tertiary/aromatic N) is 2. The lowest BCUT2D eigenvalue weighted by Gasteiger charge is -2.36. The number of benzene rings is 1. The van der Waals surface area contributed by atoms with Gasteiger partial charge in [0.15, 0.2) is 0 Å². The molecule has 1 aliphatic rings. The lowest BCUT2D eigenvalue weighted by Crippen LogP contribution is -2.34. The van der Waals surface area contributed by atoms with Crippen LogP contribution in [-0.4, -0.2) is 31.8 Å². The second-order valence-corrected chi connectivity index (χ2v) is 7.76. The quantitative estimate of drug-likeness (QED) is 0.240. The average molecular weight is 477 g/mol. The maximum atomic E-state index is 12.1. The Balaban J connectivity index is 0.00000256. The Bertz CT molecular complexity index is 1110. The van der Waals surface area contributed by atoms with Crippen molar-refractivity contribution in [1.82, 2.24) is 21.9 Å². The number of rotatable bonds is 6. The minimum Gasteiger partial charge on any atom is -0.790 e. The molecule has 16 heteroatoms. The summed E-state index contributed by atoms with van der Waals surface area (Å²) in [6, 6.07) is 4.47. The third-order valence-electron chi connectivity index (χ3n) is 4.57. The molecule has 2 aromatic rings. The van der Waals surface area contributed by atoms with E-state index in [9.17, 15) is 39.2 Å². The zero-order valence-electron chi connectivity index (χ0n) is 17.4. The largest absolute Gasteiger partial charge is 0.790 e. The molecule has 1 aromatic carbocycles. The second-order valence-electron chi connectivity index (χ2n) is 6.66. The zero-order chi connectivity index (χ0) is 22.2. The molecule has 4 atom stereocenters. The van der Waals surface area contributed by atoms with Crippen molar-refractivity contribution >= 4 is 13.5 Å². The number of phosphoric ester groups is 1. The number of aromatic nitrogens is 2. The van der Waals surface area contributed by atoms with Crippen molar-refractivity contribution in [3.8, 4) is 0 Å². The van der Waals surface area contributed by atoms with Crippen LogP contribution < -0.4 is 33.3 Å². The molecule has 178 valence electrons. The molecule has 0 spiro atoms. The third kappa shape index (κ3) is 5.93. The first kappa shape index (κ1) is 27.3. The summed E-state index contributed by atoms with van der Waals surface area (Å²) in [6.45, 7) is 1.45. The van der Waals surface area contributed by atoms with Crippen LogP contribution in [0.3, 0.4) is 0 Å². The Morgan fingerprint density at radius 2 is 1.88 bits per heavy atom. The number of aliphatic hydroxyl groups excluding tert-OH is 1. The molecule has 1 aliphatic heterocycles. The van der Waals surface area contributed by atoms with Gasteiger partial charge in [0.1, 0.15) is 18.4 Å². The summed E-state index contributed by atoms with van der Waals surface area (Å²) in [5.41, 5.74) is -1.47. The van der Waals surface area contributed by atoms with E-state index in [-0.39, 0.29) is 35.5 Å². The number of H-pyrrole nitrogens is 1. The fourth-order valence-electron chi connectivity index (χ4n) is 3.16. The molecule has 1 aromatic heterocycles. The van der Waals surface area contributed by atoms with Crippen molar-refractivity contribution in [2.24, 2.45) is 0 Å². The Morgan fingerprint density at radius 3 is 2.41 bits per heavy atom. The number of aromatic amines is 1. The number of nitro groups is 1. The van der Waals surface area contributed by atoms with Crippen LogP contribution >= 0.6 is 7.82 Å². The van der Waals surface area contributed by atoms with Gasteiger partial charge in [0, 0.05) is 30.3 Å². The van der Waals surface area contributed by atoms with Gasteiger partial charge >= 0.3 is 5.69 Å². The van der Waals surface area contributed by atoms with Gasteiger partial charge in [-0.05, 0) is 24.6 Å². The van der Waals surface area contributed by atoms with E-state index >= 15 is 0 Å². The first-order chi connectivity index (χ1) is 14.0. The van der Waals surface area contributed by atoms with Gasteiger partial charge < -0.3 is 41.0 Å². The van der Waals surface area contributed by atoms with Crippen LogP contribution in [0.15, 0.2) is 40.1 Å². The van der Waals surface area contributed by atoms with E-state index in [2.05, 4.69) is 9.51 Å². The summed E-state index contributed by atoms with van der Waals surface area (Å²) < 4.78 is 22.5. The van der Waals surface area contributed by atoms with E-state index in [0.717, 1.165) is 28.8 Å². The molecule has 0 bridgehead atoms. The summed E-state index contributed by atoms with van der Waals surface area (Å²) in [5.74, 6) is 0. The van der Waals surface area contributed by atoms with Crippen LogP contribution in [0.1, 0.15) is 29.9 Å². The van der Waals surface area contributed by atoms with Gasteiger partial charge in [0.05, 0.1) is 18.8 Å². The van der Waals surface area contributed by atoms with Gasteiger partial charge in [0.2, 0.25) is 0 Å². The minimum atomic E-state index is -5.55. The van der Waals surface area contributed by atoms with Gasteiger partial charge in [-0.1, -0.05) is 0 Å². The number of aryl methyl sites for hydroxylation is 1. The van der Waals surface area contributed by atoms with E-state index < -0.39 is 48.5 Å². The maximum absolute atomic E-state index is 12.1. The predicted molar refractivity (Wildman–Crippen MR) is 107 cm³/mol. The maximum Gasteiger partial charge on any atom is 0.330 e. The summed E-state index contributed by atoms with van der Waals surface area (Å²) in [4.78, 5) is 58.3. The Kier molecular flexibility index (Phi) is 8.74. The highest BCUT2D eigenvalue weighted by Gasteiger charge is 2.42. The second kappa shape index (κ2) is 10.2. The number of quaternary nitrogens is 2. The number of ether oxygens (including phenoxy) is 1. The number of non-ortho nitro benzene ring substituents is 1. The number of phosphoric acid groups is 1. The van der Waals surface area contributed by atoms with E-state index in [1.807, 2.05) is 0 Å². The van der Waals surface area contributed by atoms with Crippen LogP contribution in [0.4, 0.5) is 5.69 Å². The molecule has 0 aliphatic carbocycles. The Morgan fingerprint density at radius 1 is 1.28 bits per heavy atom. The van der Waals surface area contributed by atoms with Crippen molar-refractivity contribution in [3.63, 3.8) is 0 Å². The molecule has 0 amide bonds. The van der Waals surface area contributed by atoms with Crippen LogP contribution in [-0.2, 0) is 13.8 Å². The summed E-state index contributed by atoms with van der Waals surface area (Å²) in [5, 5.41) is 21.2. The molecule has 1 saturated heterocycles. The Labute approximate surface area is 180 Å². The molecule has 10 N–H and O–H groups in total. The van der Waals surface area contributed by atoms with E-state index in [1.54, 1.807) is 0 Å². The van der Waals surface area contributed by atoms with Crippen molar-refractivity contribution in [2.75, 3.05) is 0 Å². The predicted octanol–water partition coefficient (Wildman–Crippen LogP) is -0.259. The topological polar surface area (TPSA) is 273 Å². The highest BCUT2D eigenvalue weighted by atomic mass is 31.2. The van der Waals surface area contributed by atoms with Gasteiger partial charge in [-0.2, -0.15) is 0 Å². The molecule has 15 nitrogen and oxygen atoms in total. The highest BCUT2D eigenvalue weighted by Crippen LogP contribution is 2.43. The van der Waals surface area contributed by atoms with Crippen LogP contribution in [0.2, 0.25) is 0 Å². The number of hydrogen-bond acceptors (Lipinski definition) is 10. The van der Waals surface area contributed by atoms with Gasteiger partial charge in [-0.15, -0.1) is 0 Å². The first-order valence-electron chi connectivity index (χ1n) is 8.56. The molecular formula is C16H24N5O10P. The van der Waals surface area contributed by atoms with Gasteiger partial charge in [-0.25, -0.2) is 4.79 Å². The Hall–Kier alpha value is -2.75. The molecule has 2 heterocycles.